The monoisotopic (exact) mass is 707 g/mol. The summed E-state index contributed by atoms with van der Waals surface area (Å²) in [4.78, 5) is 21.5. The molecule has 11 nitrogen and oxygen atoms in total. The van der Waals surface area contributed by atoms with E-state index in [0.29, 0.717) is 54.6 Å². The van der Waals surface area contributed by atoms with Crippen molar-refractivity contribution in [3.8, 4) is 22.8 Å². The number of methoxy groups -OCH3 is 2. The fourth-order valence-corrected chi connectivity index (χ4v) is 5.88. The van der Waals surface area contributed by atoms with Crippen molar-refractivity contribution in [3.63, 3.8) is 0 Å². The van der Waals surface area contributed by atoms with Gasteiger partial charge in [0.15, 0.2) is 12.1 Å². The Bertz CT molecular complexity index is 1640. The van der Waals surface area contributed by atoms with Gasteiger partial charge in [0.2, 0.25) is 17.7 Å². The molecule has 50 heavy (non-hydrogen) atoms. The molecule has 1 amide bonds. The van der Waals surface area contributed by atoms with Crippen LogP contribution in [-0.2, 0) is 20.8 Å². The summed E-state index contributed by atoms with van der Waals surface area (Å²) in [5.41, 5.74) is 11.2. The third-order valence-corrected chi connectivity index (χ3v) is 8.72. The van der Waals surface area contributed by atoms with Crippen LogP contribution in [0.25, 0.3) is 17.1 Å². The SMILES string of the molecule is COC(CCN(C)c1nc(-c2ccc(CNNCSCC(=O)N(C)c3ccccc3C(C)C)cc2)nn1-c1ccc(OC(C)(C)F)cc1)OC. The molecule has 13 heteroatoms. The van der Waals surface area contributed by atoms with Gasteiger partial charge in [0.25, 0.3) is 0 Å². The lowest BCUT2D eigenvalue weighted by Gasteiger charge is -2.22. The van der Waals surface area contributed by atoms with E-state index in [0.717, 1.165) is 28.1 Å². The van der Waals surface area contributed by atoms with Crippen molar-refractivity contribution in [3.05, 3.63) is 83.9 Å². The molecule has 3 aromatic carbocycles. The molecule has 4 aromatic rings. The predicted molar refractivity (Wildman–Crippen MR) is 200 cm³/mol. The second-order valence-electron chi connectivity index (χ2n) is 12.6. The fourth-order valence-electron chi connectivity index (χ4n) is 5.20. The summed E-state index contributed by atoms with van der Waals surface area (Å²) in [5.74, 6) is 1.17. The standard InChI is InChI=1S/C37H50FN7O4S/c1-26(2)31-11-9-10-12-32(31)44(6)33(46)24-50-25-40-39-23-27-13-15-28(16-14-27)35-41-36(43(5)22-21-34(47-7)48-8)45(42-35)29-17-19-30(20-18-29)49-37(3,4)38/h9-20,26,34,39-40H,21-25H2,1-8H3. The van der Waals surface area contributed by atoms with E-state index in [1.165, 1.54) is 25.6 Å². The molecule has 0 aliphatic heterocycles. The van der Waals surface area contributed by atoms with E-state index < -0.39 is 5.85 Å². The summed E-state index contributed by atoms with van der Waals surface area (Å²) >= 11 is 1.52. The van der Waals surface area contributed by atoms with Gasteiger partial charge in [0.05, 0.1) is 17.3 Å². The minimum Gasteiger partial charge on any atom is -0.459 e. The number of halogens is 1. The number of nitrogens with one attached hydrogen (secondary N) is 2. The van der Waals surface area contributed by atoms with Crippen LogP contribution >= 0.6 is 11.8 Å². The summed E-state index contributed by atoms with van der Waals surface area (Å²) in [6.45, 7) is 8.19. The number of alkyl halides is 1. The number of carbonyl (C=O) groups is 1. The Morgan fingerprint density at radius 3 is 2.30 bits per heavy atom. The van der Waals surface area contributed by atoms with Crippen molar-refractivity contribution in [2.24, 2.45) is 0 Å². The zero-order chi connectivity index (χ0) is 36.3. The molecule has 0 saturated heterocycles. The van der Waals surface area contributed by atoms with Crippen LogP contribution < -0.4 is 25.4 Å². The van der Waals surface area contributed by atoms with Gasteiger partial charge in [-0.3, -0.25) is 10.2 Å². The van der Waals surface area contributed by atoms with Gasteiger partial charge in [0.1, 0.15) is 5.75 Å². The Balaban J connectivity index is 1.35. The van der Waals surface area contributed by atoms with E-state index in [4.69, 9.17) is 24.3 Å². The predicted octanol–water partition coefficient (Wildman–Crippen LogP) is 6.54. The molecule has 2 N–H and O–H groups in total. The normalized spacial score (nSPS) is 11.7. The number of hydrazine groups is 1. The van der Waals surface area contributed by atoms with Gasteiger partial charge in [0, 0.05) is 72.9 Å². The maximum absolute atomic E-state index is 14.0. The molecule has 0 spiro atoms. The highest BCUT2D eigenvalue weighted by atomic mass is 32.2. The Labute approximate surface area is 299 Å². The van der Waals surface area contributed by atoms with E-state index in [1.807, 2.05) is 73.6 Å². The molecule has 0 saturated carbocycles. The highest BCUT2D eigenvalue weighted by Crippen LogP contribution is 2.28. The number of hydrogen-bond donors (Lipinski definition) is 2. The van der Waals surface area contributed by atoms with Gasteiger partial charge in [-0.25, -0.2) is 5.43 Å². The number of para-hydroxylation sites is 1. The summed E-state index contributed by atoms with van der Waals surface area (Å²) in [6, 6.07) is 23.2. The topological polar surface area (TPSA) is 106 Å². The number of anilines is 2. The number of hydrogen-bond acceptors (Lipinski definition) is 10. The van der Waals surface area contributed by atoms with Crippen molar-refractivity contribution in [2.45, 2.75) is 58.7 Å². The van der Waals surface area contributed by atoms with Crippen LogP contribution in [0.4, 0.5) is 16.0 Å². The van der Waals surface area contributed by atoms with Crippen LogP contribution in [0.15, 0.2) is 72.8 Å². The smallest absolute Gasteiger partial charge is 0.242 e. The first-order chi connectivity index (χ1) is 23.9. The van der Waals surface area contributed by atoms with Gasteiger partial charge >= 0.3 is 0 Å². The van der Waals surface area contributed by atoms with Crippen LogP contribution in [0.2, 0.25) is 0 Å². The Kier molecular flexibility index (Phi) is 14.2. The van der Waals surface area contributed by atoms with Crippen LogP contribution in [0.3, 0.4) is 0 Å². The maximum atomic E-state index is 14.0. The van der Waals surface area contributed by atoms with Gasteiger partial charge < -0.3 is 24.0 Å². The molecular weight excluding hydrogens is 658 g/mol. The molecular formula is C37H50FN7O4S. The van der Waals surface area contributed by atoms with Gasteiger partial charge in [-0.15, -0.1) is 16.9 Å². The van der Waals surface area contributed by atoms with Crippen molar-refractivity contribution in [1.29, 1.82) is 0 Å². The van der Waals surface area contributed by atoms with Gasteiger partial charge in [-0.05, 0) is 47.4 Å². The number of benzene rings is 3. The van der Waals surface area contributed by atoms with E-state index in [9.17, 15) is 9.18 Å². The maximum Gasteiger partial charge on any atom is 0.242 e. The third-order valence-electron chi connectivity index (χ3n) is 7.92. The molecule has 0 aliphatic rings. The molecule has 4 rings (SSSR count). The number of carbonyl (C=O) groups excluding carboxylic acids is 1. The molecule has 0 radical (unpaired) electrons. The van der Waals surface area contributed by atoms with Crippen LogP contribution in [-0.4, -0.2) is 79.3 Å². The summed E-state index contributed by atoms with van der Waals surface area (Å²) < 4.78 is 31.9. The molecule has 1 heterocycles. The van der Waals surface area contributed by atoms with Gasteiger partial charge in [-0.1, -0.05) is 56.3 Å². The Morgan fingerprint density at radius 1 is 0.980 bits per heavy atom. The quantitative estimate of drug-likeness (QED) is 0.0635. The van der Waals surface area contributed by atoms with Crippen molar-refractivity contribution < 1.29 is 23.4 Å². The molecule has 0 aliphatic carbocycles. The number of aromatic nitrogens is 3. The number of thioether (sulfide) groups is 1. The number of ether oxygens (including phenoxy) is 3. The lowest BCUT2D eigenvalue weighted by molar-refractivity contribution is -0.115. The zero-order valence-corrected chi connectivity index (χ0v) is 31.1. The number of amides is 1. The van der Waals surface area contributed by atoms with Crippen molar-refractivity contribution >= 4 is 29.3 Å². The van der Waals surface area contributed by atoms with E-state index >= 15 is 0 Å². The average molecular weight is 708 g/mol. The lowest BCUT2D eigenvalue weighted by atomic mass is 10.0. The van der Waals surface area contributed by atoms with E-state index in [-0.39, 0.29) is 12.2 Å². The molecule has 0 bridgehead atoms. The molecule has 0 fully saturated rings. The van der Waals surface area contributed by atoms with Gasteiger partial charge in [-0.2, -0.15) is 14.1 Å². The Hall–Kier alpha value is -4.01. The molecule has 0 unspecified atom stereocenters. The number of rotatable bonds is 19. The first-order valence-electron chi connectivity index (χ1n) is 16.6. The lowest BCUT2D eigenvalue weighted by Crippen LogP contribution is -2.33. The summed E-state index contributed by atoms with van der Waals surface area (Å²) in [6.07, 6.45) is 0.281. The van der Waals surface area contributed by atoms with Crippen LogP contribution in [0.1, 0.15) is 51.2 Å². The first kappa shape index (κ1) is 38.8. The largest absolute Gasteiger partial charge is 0.459 e. The summed E-state index contributed by atoms with van der Waals surface area (Å²) in [7, 11) is 7.00. The summed E-state index contributed by atoms with van der Waals surface area (Å²) in [5, 5.41) is 4.85. The van der Waals surface area contributed by atoms with E-state index in [1.54, 1.807) is 35.9 Å². The Morgan fingerprint density at radius 2 is 1.66 bits per heavy atom. The molecule has 270 valence electrons. The number of nitrogens with zero attached hydrogens (tertiary/aromatic N) is 5. The van der Waals surface area contributed by atoms with Crippen molar-refractivity contribution in [1.82, 2.24) is 25.6 Å². The van der Waals surface area contributed by atoms with E-state index in [2.05, 4.69) is 30.8 Å². The van der Waals surface area contributed by atoms with Crippen molar-refractivity contribution in [2.75, 3.05) is 56.3 Å². The fraction of sp³-hybridized carbons (Fsp3) is 0.432. The highest BCUT2D eigenvalue weighted by molar-refractivity contribution is 7.99. The highest BCUT2D eigenvalue weighted by Gasteiger charge is 2.20. The second kappa shape index (κ2) is 18.3. The minimum atomic E-state index is -1.79. The average Bonchev–Trinajstić information content (AvgIpc) is 3.55. The third kappa shape index (κ3) is 11.0. The molecule has 1 aromatic heterocycles. The first-order valence-corrected chi connectivity index (χ1v) is 17.8. The minimum absolute atomic E-state index is 0.0620. The van der Waals surface area contributed by atoms with Crippen LogP contribution in [0.5, 0.6) is 5.75 Å². The zero-order valence-electron chi connectivity index (χ0n) is 30.3. The molecule has 0 atom stereocenters. The van der Waals surface area contributed by atoms with Crippen LogP contribution in [0, 0.1) is 0 Å². The second-order valence-corrected chi connectivity index (χ2v) is 13.6.